The van der Waals surface area contributed by atoms with Crippen molar-refractivity contribution in [2.75, 3.05) is 13.7 Å². The van der Waals surface area contributed by atoms with Gasteiger partial charge in [0.25, 0.3) is 5.56 Å². The molecule has 0 radical (unpaired) electrons. The molecule has 0 saturated carbocycles. The molecule has 0 saturated heterocycles. The number of hydrogen-bond acceptors (Lipinski definition) is 4. The Kier molecular flexibility index (Phi) is 4.28. The van der Waals surface area contributed by atoms with E-state index in [9.17, 15) is 4.79 Å². The molecule has 3 aromatic rings. The number of aromatic nitrogens is 3. The predicted octanol–water partition coefficient (Wildman–Crippen LogP) is 2.94. The van der Waals surface area contributed by atoms with Crippen LogP contribution in [0.3, 0.4) is 0 Å². The van der Waals surface area contributed by atoms with Gasteiger partial charge in [0.2, 0.25) is 0 Å². The smallest absolute Gasteiger partial charge is 0.254 e. The molecule has 4 rings (SSSR count). The number of ether oxygens (including phenoxy) is 1. The molecule has 0 aliphatic carbocycles. The summed E-state index contributed by atoms with van der Waals surface area (Å²) >= 11 is 0. The number of methoxy groups -OCH3 is 1. The van der Waals surface area contributed by atoms with Crippen molar-refractivity contribution in [3.63, 3.8) is 0 Å². The summed E-state index contributed by atoms with van der Waals surface area (Å²) in [6.45, 7) is 6.47. The van der Waals surface area contributed by atoms with Gasteiger partial charge in [-0.1, -0.05) is 13.8 Å². The summed E-state index contributed by atoms with van der Waals surface area (Å²) < 4.78 is 5.36. The molecule has 2 aromatic heterocycles. The highest BCUT2D eigenvalue weighted by atomic mass is 16.5. The quantitative estimate of drug-likeness (QED) is 0.757. The summed E-state index contributed by atoms with van der Waals surface area (Å²) in [7, 11) is 1.69. The average molecular weight is 352 g/mol. The third kappa shape index (κ3) is 3.01. The van der Waals surface area contributed by atoms with E-state index in [0.717, 1.165) is 47.9 Å². The Hall–Kier alpha value is -2.60. The summed E-state index contributed by atoms with van der Waals surface area (Å²) in [5.41, 5.74) is 4.12. The lowest BCUT2D eigenvalue weighted by Gasteiger charge is -2.27. The minimum Gasteiger partial charge on any atom is -0.497 e. The molecular weight excluding hydrogens is 328 g/mol. The molecule has 0 fully saturated rings. The summed E-state index contributed by atoms with van der Waals surface area (Å²) in [4.78, 5) is 25.6. The van der Waals surface area contributed by atoms with Gasteiger partial charge >= 0.3 is 0 Å². The topological polar surface area (TPSA) is 74.0 Å². The fourth-order valence-electron chi connectivity index (χ4n) is 3.58. The number of H-pyrrole nitrogens is 2. The van der Waals surface area contributed by atoms with Crippen LogP contribution in [-0.4, -0.2) is 33.5 Å². The first-order valence-corrected chi connectivity index (χ1v) is 9.03. The molecule has 26 heavy (non-hydrogen) atoms. The van der Waals surface area contributed by atoms with Gasteiger partial charge in [-0.2, -0.15) is 0 Å². The molecule has 3 heterocycles. The molecule has 136 valence electrons. The Morgan fingerprint density at radius 1 is 1.35 bits per heavy atom. The monoisotopic (exact) mass is 352 g/mol. The molecule has 0 unspecified atom stereocenters. The lowest BCUT2D eigenvalue weighted by atomic mass is 10.0. The van der Waals surface area contributed by atoms with Crippen molar-refractivity contribution >= 4 is 10.9 Å². The van der Waals surface area contributed by atoms with Crippen molar-refractivity contribution in [1.82, 2.24) is 19.9 Å². The van der Waals surface area contributed by atoms with Crippen LogP contribution in [0, 0.1) is 0 Å². The average Bonchev–Trinajstić information content (AvgIpc) is 3.03. The third-order valence-corrected chi connectivity index (χ3v) is 5.09. The number of benzene rings is 1. The Morgan fingerprint density at radius 3 is 2.96 bits per heavy atom. The van der Waals surface area contributed by atoms with Crippen molar-refractivity contribution in [2.45, 2.75) is 39.3 Å². The van der Waals surface area contributed by atoms with E-state index < -0.39 is 0 Å². The second kappa shape index (κ2) is 6.61. The van der Waals surface area contributed by atoms with Crippen LogP contribution in [0.5, 0.6) is 5.75 Å². The standard InChI is InChI=1S/C20H24N4O2/c1-12(2)19-22-18-11-24(7-6-15(18)20(25)23-19)10-13-9-21-17-5-4-14(26-3)8-16(13)17/h4-5,8-9,12,21H,6-7,10-11H2,1-3H3,(H,22,23,25). The normalized spacial score (nSPS) is 14.8. The van der Waals surface area contributed by atoms with Gasteiger partial charge in [0.05, 0.1) is 12.8 Å². The lowest BCUT2D eigenvalue weighted by molar-refractivity contribution is 0.240. The Balaban J connectivity index is 1.61. The van der Waals surface area contributed by atoms with Gasteiger partial charge < -0.3 is 14.7 Å². The molecule has 2 N–H and O–H groups in total. The van der Waals surface area contributed by atoms with E-state index in [1.54, 1.807) is 7.11 Å². The molecule has 1 aliphatic rings. The van der Waals surface area contributed by atoms with Gasteiger partial charge in [-0.05, 0) is 30.2 Å². The first kappa shape index (κ1) is 16.8. The van der Waals surface area contributed by atoms with Crippen molar-refractivity contribution in [3.8, 4) is 5.75 Å². The highest BCUT2D eigenvalue weighted by Gasteiger charge is 2.22. The lowest BCUT2D eigenvalue weighted by Crippen LogP contribution is -2.35. The largest absolute Gasteiger partial charge is 0.497 e. The van der Waals surface area contributed by atoms with Crippen LogP contribution < -0.4 is 10.3 Å². The molecule has 0 atom stereocenters. The highest BCUT2D eigenvalue weighted by Crippen LogP contribution is 2.26. The van der Waals surface area contributed by atoms with Gasteiger partial charge in [-0.3, -0.25) is 9.69 Å². The van der Waals surface area contributed by atoms with Crippen LogP contribution in [0.4, 0.5) is 0 Å². The summed E-state index contributed by atoms with van der Waals surface area (Å²) in [6.07, 6.45) is 2.80. The maximum absolute atomic E-state index is 12.3. The summed E-state index contributed by atoms with van der Waals surface area (Å²) in [6, 6.07) is 6.07. The minimum absolute atomic E-state index is 0.0233. The van der Waals surface area contributed by atoms with Crippen molar-refractivity contribution in [1.29, 1.82) is 0 Å². The van der Waals surface area contributed by atoms with Gasteiger partial charge in [0, 0.05) is 48.2 Å². The summed E-state index contributed by atoms with van der Waals surface area (Å²) in [5.74, 6) is 1.84. The highest BCUT2D eigenvalue weighted by molar-refractivity contribution is 5.84. The number of fused-ring (bicyclic) bond motifs is 2. The number of rotatable bonds is 4. The van der Waals surface area contributed by atoms with Crippen molar-refractivity contribution < 1.29 is 4.74 Å². The number of nitrogens with one attached hydrogen (secondary N) is 2. The second-order valence-corrected chi connectivity index (χ2v) is 7.22. The maximum atomic E-state index is 12.3. The van der Waals surface area contributed by atoms with Crippen LogP contribution in [0.2, 0.25) is 0 Å². The molecule has 0 spiro atoms. The van der Waals surface area contributed by atoms with Crippen molar-refractivity contribution in [3.05, 3.63) is 57.4 Å². The van der Waals surface area contributed by atoms with Crippen LogP contribution in [-0.2, 0) is 19.5 Å². The predicted molar refractivity (Wildman–Crippen MR) is 102 cm³/mol. The zero-order valence-electron chi connectivity index (χ0n) is 15.4. The van der Waals surface area contributed by atoms with Crippen LogP contribution in [0.25, 0.3) is 10.9 Å². The first-order valence-electron chi connectivity index (χ1n) is 9.03. The van der Waals surface area contributed by atoms with Crippen molar-refractivity contribution in [2.24, 2.45) is 0 Å². The molecule has 0 bridgehead atoms. The molecule has 1 aromatic carbocycles. The third-order valence-electron chi connectivity index (χ3n) is 5.09. The van der Waals surface area contributed by atoms with Crippen LogP contribution in [0.15, 0.2) is 29.2 Å². The first-order chi connectivity index (χ1) is 12.5. The molecular formula is C20H24N4O2. The maximum Gasteiger partial charge on any atom is 0.254 e. The Bertz CT molecular complexity index is 1000. The van der Waals surface area contributed by atoms with E-state index in [1.807, 2.05) is 26.0 Å². The van der Waals surface area contributed by atoms with Gasteiger partial charge in [0.1, 0.15) is 11.6 Å². The fourth-order valence-corrected chi connectivity index (χ4v) is 3.58. The molecule has 1 aliphatic heterocycles. The van der Waals surface area contributed by atoms with Gasteiger partial charge in [0.15, 0.2) is 0 Å². The van der Waals surface area contributed by atoms with Crippen LogP contribution in [0.1, 0.15) is 42.4 Å². The van der Waals surface area contributed by atoms with E-state index in [1.165, 1.54) is 10.9 Å². The zero-order valence-corrected chi connectivity index (χ0v) is 15.4. The number of aromatic amines is 2. The van der Waals surface area contributed by atoms with Crippen LogP contribution >= 0.6 is 0 Å². The van der Waals surface area contributed by atoms with E-state index in [2.05, 4.69) is 27.1 Å². The minimum atomic E-state index is 0.0233. The van der Waals surface area contributed by atoms with Gasteiger partial charge in [-0.25, -0.2) is 4.98 Å². The fraction of sp³-hybridized carbons (Fsp3) is 0.400. The zero-order chi connectivity index (χ0) is 18.3. The van der Waals surface area contributed by atoms with E-state index >= 15 is 0 Å². The van der Waals surface area contributed by atoms with E-state index in [0.29, 0.717) is 6.54 Å². The van der Waals surface area contributed by atoms with Gasteiger partial charge in [-0.15, -0.1) is 0 Å². The van der Waals surface area contributed by atoms with E-state index in [4.69, 9.17) is 9.72 Å². The molecule has 6 heteroatoms. The SMILES string of the molecule is COc1ccc2[nH]cc(CN3CCc4c(nc(C(C)C)[nH]c4=O)C3)c2c1. The number of nitrogens with zero attached hydrogens (tertiary/aromatic N) is 2. The Morgan fingerprint density at radius 2 is 2.19 bits per heavy atom. The second-order valence-electron chi connectivity index (χ2n) is 7.22. The molecule has 0 amide bonds. The Labute approximate surface area is 152 Å². The van der Waals surface area contributed by atoms with E-state index in [-0.39, 0.29) is 11.5 Å². The molecule has 6 nitrogen and oxygen atoms in total. The summed E-state index contributed by atoms with van der Waals surface area (Å²) in [5, 5.41) is 1.18. The number of hydrogen-bond donors (Lipinski definition) is 2.